The van der Waals surface area contributed by atoms with Gasteiger partial charge in [-0.15, -0.1) is 0 Å². The monoisotopic (exact) mass is 294 g/mol. The lowest BCUT2D eigenvalue weighted by Gasteiger charge is -2.38. The minimum absolute atomic E-state index is 0.241. The number of thioether (sulfide) groups is 1. The Bertz CT molecular complexity index is 461. The van der Waals surface area contributed by atoms with Gasteiger partial charge in [0.25, 0.3) is 0 Å². The van der Waals surface area contributed by atoms with Crippen LogP contribution in [0.3, 0.4) is 0 Å². The Morgan fingerprint density at radius 2 is 2.25 bits per heavy atom. The Kier molecular flexibility index (Phi) is 4.99. The van der Waals surface area contributed by atoms with Crippen molar-refractivity contribution in [1.82, 2.24) is 15.3 Å². The summed E-state index contributed by atoms with van der Waals surface area (Å²) >= 11 is 1.65. The van der Waals surface area contributed by atoms with Crippen LogP contribution in [0.5, 0.6) is 0 Å². The van der Waals surface area contributed by atoms with Gasteiger partial charge in [0.2, 0.25) is 5.91 Å². The van der Waals surface area contributed by atoms with Crippen molar-refractivity contribution in [2.45, 2.75) is 55.5 Å². The van der Waals surface area contributed by atoms with E-state index in [0.717, 1.165) is 42.9 Å². The van der Waals surface area contributed by atoms with Gasteiger partial charge in [0.05, 0.1) is 5.54 Å². The summed E-state index contributed by atoms with van der Waals surface area (Å²) in [5.41, 5.74) is 6.11. The molecule has 1 heterocycles. The molecular weight excluding hydrogens is 272 g/mol. The Morgan fingerprint density at radius 1 is 1.55 bits per heavy atom. The number of rotatable bonds is 5. The van der Waals surface area contributed by atoms with Crippen molar-refractivity contribution in [2.24, 2.45) is 5.73 Å². The summed E-state index contributed by atoms with van der Waals surface area (Å²) in [6.45, 7) is 4.73. The quantitative estimate of drug-likeness (QED) is 0.807. The average Bonchev–Trinajstić information content (AvgIpc) is 2.42. The predicted molar refractivity (Wildman–Crippen MR) is 80.5 cm³/mol. The molecule has 1 saturated carbocycles. The fourth-order valence-corrected chi connectivity index (χ4v) is 3.90. The summed E-state index contributed by atoms with van der Waals surface area (Å²) in [5, 5.41) is 4.40. The zero-order valence-electron chi connectivity index (χ0n) is 12.1. The molecule has 1 aromatic rings. The van der Waals surface area contributed by atoms with Gasteiger partial charge in [-0.3, -0.25) is 4.79 Å². The first kappa shape index (κ1) is 15.3. The van der Waals surface area contributed by atoms with Crippen LogP contribution in [0.2, 0.25) is 0 Å². The molecule has 0 saturated heterocycles. The topological polar surface area (TPSA) is 80.9 Å². The zero-order valence-corrected chi connectivity index (χ0v) is 12.9. The third-order valence-electron chi connectivity index (χ3n) is 3.72. The van der Waals surface area contributed by atoms with Gasteiger partial charge in [-0.1, -0.05) is 18.7 Å². The largest absolute Gasteiger partial charge is 0.368 e. The number of hydrogen-bond acceptors (Lipinski definition) is 5. The highest BCUT2D eigenvalue weighted by Gasteiger charge is 2.41. The van der Waals surface area contributed by atoms with Crippen LogP contribution in [-0.2, 0) is 4.79 Å². The number of carbonyl (C=O) groups excluding carboxylic acids is 1. The minimum atomic E-state index is -0.560. The van der Waals surface area contributed by atoms with E-state index in [-0.39, 0.29) is 5.91 Å². The summed E-state index contributed by atoms with van der Waals surface area (Å²) in [6.07, 6.45) is 7.29. The molecule has 2 unspecified atom stereocenters. The number of primary amides is 1. The van der Waals surface area contributed by atoms with Crippen LogP contribution in [0.1, 0.15) is 38.2 Å². The van der Waals surface area contributed by atoms with Crippen LogP contribution in [0.4, 0.5) is 0 Å². The number of aryl methyl sites for hydroxylation is 1. The van der Waals surface area contributed by atoms with Crippen molar-refractivity contribution in [2.75, 3.05) is 6.54 Å². The van der Waals surface area contributed by atoms with Gasteiger partial charge in [-0.05, 0) is 44.7 Å². The molecule has 1 aliphatic rings. The highest BCUT2D eigenvalue weighted by atomic mass is 32.2. The third-order valence-corrected chi connectivity index (χ3v) is 4.88. The summed E-state index contributed by atoms with van der Waals surface area (Å²) in [6, 6.07) is 0. The van der Waals surface area contributed by atoms with E-state index in [1.54, 1.807) is 11.8 Å². The molecule has 1 aliphatic carbocycles. The standard InChI is InChI=1S/C14H22N4OS/c1-3-18-14(12(15)19)6-4-5-11(7-14)20-13-16-8-10(2)9-17-13/h8-9,11,18H,3-7H2,1-2H3,(H2,15,19). The number of amides is 1. The Balaban J connectivity index is 2.05. The molecule has 1 fully saturated rings. The first-order valence-electron chi connectivity index (χ1n) is 7.06. The number of nitrogens with two attached hydrogens (primary N) is 1. The second kappa shape index (κ2) is 6.54. The maximum Gasteiger partial charge on any atom is 0.237 e. The van der Waals surface area contributed by atoms with E-state index in [1.165, 1.54) is 0 Å². The molecule has 0 bridgehead atoms. The van der Waals surface area contributed by atoms with Crippen LogP contribution >= 0.6 is 11.8 Å². The molecule has 0 aliphatic heterocycles. The normalized spacial score (nSPS) is 26.4. The van der Waals surface area contributed by atoms with E-state index >= 15 is 0 Å². The predicted octanol–water partition coefficient (Wildman–Crippen LogP) is 1.65. The van der Waals surface area contributed by atoms with Crippen molar-refractivity contribution >= 4 is 17.7 Å². The molecule has 0 aromatic carbocycles. The van der Waals surface area contributed by atoms with Crippen molar-refractivity contribution in [3.63, 3.8) is 0 Å². The first-order valence-corrected chi connectivity index (χ1v) is 7.94. The van der Waals surface area contributed by atoms with Crippen LogP contribution in [0.25, 0.3) is 0 Å². The van der Waals surface area contributed by atoms with Gasteiger partial charge in [-0.25, -0.2) is 9.97 Å². The van der Waals surface area contributed by atoms with Crippen molar-refractivity contribution in [3.8, 4) is 0 Å². The molecule has 6 heteroatoms. The second-order valence-corrected chi connectivity index (χ2v) is 6.62. The number of hydrogen-bond donors (Lipinski definition) is 2. The van der Waals surface area contributed by atoms with E-state index in [1.807, 2.05) is 26.2 Å². The molecule has 1 aromatic heterocycles. The third kappa shape index (κ3) is 3.49. The zero-order chi connectivity index (χ0) is 14.6. The smallest absolute Gasteiger partial charge is 0.237 e. The van der Waals surface area contributed by atoms with Crippen molar-refractivity contribution in [1.29, 1.82) is 0 Å². The van der Waals surface area contributed by atoms with Crippen molar-refractivity contribution in [3.05, 3.63) is 18.0 Å². The lowest BCUT2D eigenvalue weighted by Crippen LogP contribution is -2.58. The molecule has 20 heavy (non-hydrogen) atoms. The van der Waals surface area contributed by atoms with Gasteiger partial charge in [0.15, 0.2) is 5.16 Å². The van der Waals surface area contributed by atoms with Crippen LogP contribution in [0.15, 0.2) is 17.6 Å². The Morgan fingerprint density at radius 3 is 2.85 bits per heavy atom. The highest BCUT2D eigenvalue weighted by molar-refractivity contribution is 7.99. The van der Waals surface area contributed by atoms with E-state index in [9.17, 15) is 4.79 Å². The molecular formula is C14H22N4OS. The van der Waals surface area contributed by atoms with E-state index in [4.69, 9.17) is 5.73 Å². The maximum atomic E-state index is 11.8. The summed E-state index contributed by atoms with van der Waals surface area (Å²) in [5.74, 6) is -0.241. The second-order valence-electron chi connectivity index (χ2n) is 5.36. The fourth-order valence-electron chi connectivity index (χ4n) is 2.73. The van der Waals surface area contributed by atoms with Gasteiger partial charge < -0.3 is 11.1 Å². The van der Waals surface area contributed by atoms with E-state index < -0.39 is 5.54 Å². The molecule has 1 amide bonds. The molecule has 0 spiro atoms. The van der Waals surface area contributed by atoms with Crippen LogP contribution in [0, 0.1) is 6.92 Å². The molecule has 0 radical (unpaired) electrons. The van der Waals surface area contributed by atoms with Gasteiger partial charge in [-0.2, -0.15) is 0 Å². The van der Waals surface area contributed by atoms with Gasteiger partial charge >= 0.3 is 0 Å². The fraction of sp³-hybridized carbons (Fsp3) is 0.643. The average molecular weight is 294 g/mol. The van der Waals surface area contributed by atoms with Crippen LogP contribution in [-0.4, -0.2) is 33.2 Å². The molecule has 110 valence electrons. The molecule has 3 N–H and O–H groups in total. The van der Waals surface area contributed by atoms with Gasteiger partial charge in [0.1, 0.15) is 0 Å². The van der Waals surface area contributed by atoms with Crippen molar-refractivity contribution < 1.29 is 4.79 Å². The number of nitrogens with zero attached hydrogens (tertiary/aromatic N) is 2. The SMILES string of the molecule is CCNC1(C(N)=O)CCCC(Sc2ncc(C)cn2)C1. The van der Waals surface area contributed by atoms with Gasteiger partial charge in [0, 0.05) is 17.6 Å². The molecule has 2 rings (SSSR count). The lowest BCUT2D eigenvalue weighted by molar-refractivity contribution is -0.125. The van der Waals surface area contributed by atoms with E-state index in [0.29, 0.717) is 5.25 Å². The Hall–Kier alpha value is -1.14. The Labute approximate surface area is 124 Å². The summed E-state index contributed by atoms with van der Waals surface area (Å²) < 4.78 is 0. The molecule has 5 nitrogen and oxygen atoms in total. The summed E-state index contributed by atoms with van der Waals surface area (Å²) in [7, 11) is 0. The number of likely N-dealkylation sites (N-methyl/N-ethyl adjacent to an activating group) is 1. The minimum Gasteiger partial charge on any atom is -0.368 e. The van der Waals surface area contributed by atoms with Crippen LogP contribution < -0.4 is 11.1 Å². The highest BCUT2D eigenvalue weighted by Crippen LogP contribution is 2.37. The van der Waals surface area contributed by atoms with E-state index in [2.05, 4.69) is 15.3 Å². The number of carbonyl (C=O) groups is 1. The number of nitrogens with one attached hydrogen (secondary N) is 1. The molecule has 2 atom stereocenters. The number of aromatic nitrogens is 2. The maximum absolute atomic E-state index is 11.8. The summed E-state index contributed by atoms with van der Waals surface area (Å²) in [4.78, 5) is 20.5. The lowest BCUT2D eigenvalue weighted by atomic mass is 9.80. The first-order chi connectivity index (χ1) is 9.55.